The van der Waals surface area contributed by atoms with Gasteiger partial charge in [0.05, 0.1) is 13.2 Å². The van der Waals surface area contributed by atoms with Crippen LogP contribution in [0, 0.1) is 0 Å². The van der Waals surface area contributed by atoms with E-state index >= 15 is 0 Å². The number of alkyl carbamates (subject to hydrolysis) is 2. The third-order valence-electron chi connectivity index (χ3n) is 6.32. The van der Waals surface area contributed by atoms with Gasteiger partial charge in [0.2, 0.25) is 10.3 Å². The molecule has 19 heteroatoms. The second kappa shape index (κ2) is 20.0. The summed E-state index contributed by atoms with van der Waals surface area (Å²) in [7, 11) is 0. The zero-order valence-corrected chi connectivity index (χ0v) is 28.4. The number of benzene rings is 2. The first-order chi connectivity index (χ1) is 23.8. The van der Waals surface area contributed by atoms with Crippen molar-refractivity contribution in [2.24, 2.45) is 0 Å². The summed E-state index contributed by atoms with van der Waals surface area (Å²) in [5, 5.41) is 46.9. The normalized spacial score (nSPS) is 12.0. The second-order valence-electron chi connectivity index (χ2n) is 9.98. The van der Waals surface area contributed by atoms with Crippen LogP contribution in [-0.4, -0.2) is 91.4 Å². The van der Waals surface area contributed by atoms with Gasteiger partial charge in [-0.15, -0.1) is 20.4 Å². The summed E-state index contributed by atoms with van der Waals surface area (Å²) < 4.78 is 10.2. The molecule has 2 aromatic heterocycles. The Hall–Kier alpha value is -4.69. The lowest BCUT2D eigenvalue weighted by molar-refractivity contribution is -0.119. The molecular weight excluding hydrogens is 697 g/mol. The number of nitrogens with one attached hydrogen (secondary N) is 4. The number of nitrogens with zero attached hydrogens (tertiary/aromatic N) is 4. The molecule has 0 aliphatic rings. The quantitative estimate of drug-likeness (QED) is 0.0810. The summed E-state index contributed by atoms with van der Waals surface area (Å²) in [6.45, 7) is -1.23. The lowest BCUT2D eigenvalue weighted by Crippen LogP contribution is -2.46. The zero-order valence-electron chi connectivity index (χ0n) is 25.9. The molecule has 2 unspecified atom stereocenters. The molecule has 49 heavy (non-hydrogen) atoms. The van der Waals surface area contributed by atoms with Crippen LogP contribution in [0.4, 0.5) is 19.9 Å². The Bertz CT molecular complexity index is 1520. The Kier molecular flexibility index (Phi) is 15.1. The van der Waals surface area contributed by atoms with Crippen molar-refractivity contribution < 1.29 is 38.9 Å². The molecule has 4 rings (SSSR count). The number of aryl methyl sites for hydroxylation is 2. The monoisotopic (exact) mass is 730 g/mol. The average Bonchev–Trinajstić information content (AvgIpc) is 3.77. The summed E-state index contributed by atoms with van der Waals surface area (Å²) >= 11 is 4.01. The van der Waals surface area contributed by atoms with Crippen molar-refractivity contribution >= 4 is 68.7 Å². The molecule has 2 aromatic carbocycles. The van der Waals surface area contributed by atoms with Crippen LogP contribution in [-0.2, 0) is 45.1 Å². The molecule has 6 N–H and O–H groups in total. The molecule has 2 atom stereocenters. The predicted octanol–water partition coefficient (Wildman–Crippen LogP) is 2.36. The number of anilines is 2. The number of amides is 4. The van der Waals surface area contributed by atoms with Gasteiger partial charge in [-0.1, -0.05) is 83.3 Å². The van der Waals surface area contributed by atoms with E-state index in [1.54, 1.807) is 36.0 Å². The van der Waals surface area contributed by atoms with Gasteiger partial charge in [-0.3, -0.25) is 20.2 Å². The van der Waals surface area contributed by atoms with Gasteiger partial charge in [0.1, 0.15) is 35.3 Å². The highest BCUT2D eigenvalue weighted by Gasteiger charge is 2.23. The lowest BCUT2D eigenvalue weighted by atomic mass is 10.2. The van der Waals surface area contributed by atoms with Gasteiger partial charge in [-0.2, -0.15) is 11.8 Å². The van der Waals surface area contributed by atoms with Gasteiger partial charge in [-0.05, 0) is 22.6 Å². The third kappa shape index (κ3) is 13.0. The zero-order chi connectivity index (χ0) is 34.8. The van der Waals surface area contributed by atoms with Crippen LogP contribution in [0.3, 0.4) is 0 Å². The van der Waals surface area contributed by atoms with E-state index in [2.05, 4.69) is 41.7 Å². The number of rotatable bonds is 18. The van der Waals surface area contributed by atoms with E-state index in [1.807, 2.05) is 36.4 Å². The Labute approximate surface area is 293 Å². The summed E-state index contributed by atoms with van der Waals surface area (Å²) in [6.07, 6.45) is -0.507. The number of aromatic nitrogens is 4. The molecule has 4 aromatic rings. The molecule has 0 aliphatic carbocycles. The molecule has 260 valence electrons. The lowest BCUT2D eigenvalue weighted by Gasteiger charge is -2.15. The van der Waals surface area contributed by atoms with Crippen molar-refractivity contribution in [1.82, 2.24) is 31.0 Å². The maximum atomic E-state index is 12.5. The second-order valence-corrected chi connectivity index (χ2v) is 13.3. The summed E-state index contributed by atoms with van der Waals surface area (Å²) in [6, 6.07) is 15.6. The van der Waals surface area contributed by atoms with Gasteiger partial charge in [0, 0.05) is 12.8 Å². The topological polar surface area (TPSA) is 227 Å². The number of carbonyl (C=O) groups excluding carboxylic acids is 4. The van der Waals surface area contributed by atoms with Crippen LogP contribution in [0.1, 0.15) is 21.1 Å². The number of carbonyl (C=O) groups is 4. The van der Waals surface area contributed by atoms with E-state index in [0.717, 1.165) is 11.1 Å². The highest BCUT2D eigenvalue weighted by atomic mass is 32.2. The maximum absolute atomic E-state index is 12.5. The Morgan fingerprint density at radius 3 is 1.45 bits per heavy atom. The largest absolute Gasteiger partial charge is 0.445 e. The van der Waals surface area contributed by atoms with E-state index in [4.69, 9.17) is 9.47 Å². The fourth-order valence-corrected chi connectivity index (χ4v) is 6.44. The summed E-state index contributed by atoms with van der Waals surface area (Å²) in [5.41, 5.74) is 1.56. The summed E-state index contributed by atoms with van der Waals surface area (Å²) in [4.78, 5) is 49.2. The van der Waals surface area contributed by atoms with Crippen LogP contribution in [0.15, 0.2) is 60.7 Å². The van der Waals surface area contributed by atoms with Crippen molar-refractivity contribution in [3.8, 4) is 0 Å². The van der Waals surface area contributed by atoms with Crippen molar-refractivity contribution in [2.75, 3.05) is 35.4 Å². The number of aliphatic hydroxyl groups excluding tert-OH is 2. The predicted molar refractivity (Wildman–Crippen MR) is 183 cm³/mol. The summed E-state index contributed by atoms with van der Waals surface area (Å²) in [5.74, 6) is 0.105. The number of hydrogen-bond acceptors (Lipinski definition) is 15. The minimum Gasteiger partial charge on any atom is -0.445 e. The van der Waals surface area contributed by atoms with Gasteiger partial charge in [0.25, 0.3) is 11.8 Å². The van der Waals surface area contributed by atoms with Gasteiger partial charge >= 0.3 is 12.2 Å². The van der Waals surface area contributed by atoms with E-state index < -0.39 is 49.3 Å². The molecule has 0 bridgehead atoms. The number of ether oxygens (including phenoxy) is 2. The number of thioether (sulfide) groups is 1. The fraction of sp³-hybridized carbons (Fsp3) is 0.333. The minimum absolute atomic E-state index is 0.0188. The highest BCUT2D eigenvalue weighted by Crippen LogP contribution is 2.20. The first-order valence-corrected chi connectivity index (χ1v) is 17.6. The van der Waals surface area contributed by atoms with Crippen molar-refractivity contribution in [3.63, 3.8) is 0 Å². The highest BCUT2D eigenvalue weighted by molar-refractivity contribution is 7.99. The number of hydrogen-bond donors (Lipinski definition) is 6. The van der Waals surface area contributed by atoms with Crippen LogP contribution in [0.5, 0.6) is 0 Å². The molecule has 2 heterocycles. The molecule has 0 spiro atoms. The fourth-order valence-electron chi connectivity index (χ4n) is 3.82. The first kappa shape index (κ1) is 37.1. The SMILES string of the molecule is O=C(NC(CO)C(=O)Nc1nnc(CCSCCc2nnc(NC(=O)C(CO)NC(=O)OCc3ccccc3)s2)s1)OCc1ccccc1. The number of aliphatic hydroxyl groups is 2. The molecule has 0 saturated heterocycles. The van der Waals surface area contributed by atoms with Crippen molar-refractivity contribution in [1.29, 1.82) is 0 Å². The van der Waals surface area contributed by atoms with E-state index in [1.165, 1.54) is 22.7 Å². The average molecular weight is 731 g/mol. The standard InChI is InChI=1S/C30H34N8O8S3/c39-15-21(31-29(43)45-17-19-7-3-1-4-8-19)25(41)33-27-37-35-23(48-27)11-13-47-14-12-24-36-38-28(49-24)34-26(42)22(16-40)32-30(44)46-18-20-9-5-2-6-10-20/h1-10,21-22,39-40H,11-18H2,(H,31,43)(H,32,44)(H,33,37,41)(H,34,38,42). The van der Waals surface area contributed by atoms with Crippen LogP contribution in [0.2, 0.25) is 0 Å². The Morgan fingerprint density at radius 2 is 1.06 bits per heavy atom. The smallest absolute Gasteiger partial charge is 0.408 e. The molecule has 16 nitrogen and oxygen atoms in total. The van der Waals surface area contributed by atoms with E-state index in [-0.39, 0.29) is 23.5 Å². The van der Waals surface area contributed by atoms with Gasteiger partial charge in [-0.25, -0.2) is 9.59 Å². The van der Waals surface area contributed by atoms with E-state index in [9.17, 15) is 29.4 Å². The molecular formula is C30H34N8O8S3. The molecule has 0 fully saturated rings. The van der Waals surface area contributed by atoms with Gasteiger partial charge < -0.3 is 30.3 Å². The van der Waals surface area contributed by atoms with Crippen LogP contribution < -0.4 is 21.3 Å². The Balaban J connectivity index is 1.10. The molecule has 0 saturated carbocycles. The van der Waals surface area contributed by atoms with Gasteiger partial charge in [0.15, 0.2) is 0 Å². The first-order valence-electron chi connectivity index (χ1n) is 14.8. The van der Waals surface area contributed by atoms with Crippen molar-refractivity contribution in [2.45, 2.75) is 38.1 Å². The van der Waals surface area contributed by atoms with Crippen molar-refractivity contribution in [3.05, 3.63) is 81.8 Å². The Morgan fingerprint density at radius 1 is 0.653 bits per heavy atom. The molecule has 4 amide bonds. The molecule has 0 radical (unpaired) electrons. The van der Waals surface area contributed by atoms with Crippen LogP contribution in [0.25, 0.3) is 0 Å². The third-order valence-corrected chi connectivity index (χ3v) is 9.10. The van der Waals surface area contributed by atoms with Crippen LogP contribution >= 0.6 is 34.4 Å². The minimum atomic E-state index is -1.23. The molecule has 0 aliphatic heterocycles. The van der Waals surface area contributed by atoms with E-state index in [0.29, 0.717) is 34.4 Å². The maximum Gasteiger partial charge on any atom is 0.408 e.